The molecule has 0 atom stereocenters. The molecule has 0 saturated carbocycles. The van der Waals surface area contributed by atoms with Crippen molar-refractivity contribution < 1.29 is 4.74 Å². The summed E-state index contributed by atoms with van der Waals surface area (Å²) in [5, 5.41) is 0. The van der Waals surface area contributed by atoms with Crippen LogP contribution in [-0.2, 0) is 4.74 Å². The predicted molar refractivity (Wildman–Crippen MR) is 97.8 cm³/mol. The molecule has 0 radical (unpaired) electrons. The standard InChI is InChI=1S/C18H30N4O/c1-5-6-11-21(4)18(20(2)3)19-16-9-7-8-10-17(16)22-12-14-23-15-13-22/h7-10H,5-6,11-15H2,1-4H3. The number of hydrogen-bond acceptors (Lipinski definition) is 3. The Morgan fingerprint density at radius 2 is 1.87 bits per heavy atom. The Balaban J connectivity index is 2.27. The van der Waals surface area contributed by atoms with E-state index < -0.39 is 0 Å². The van der Waals surface area contributed by atoms with Gasteiger partial charge in [-0.25, -0.2) is 4.99 Å². The van der Waals surface area contributed by atoms with Crippen molar-refractivity contribution in [1.82, 2.24) is 9.80 Å². The first-order valence-corrected chi connectivity index (χ1v) is 8.52. The first-order chi connectivity index (χ1) is 11.1. The number of aliphatic imine (C=N–C) groups is 1. The molecule has 0 amide bonds. The normalized spacial score (nSPS) is 15.7. The van der Waals surface area contributed by atoms with Gasteiger partial charge in [0.1, 0.15) is 0 Å². The number of ether oxygens (including phenoxy) is 1. The van der Waals surface area contributed by atoms with E-state index in [2.05, 4.69) is 67.0 Å². The third-order valence-electron chi connectivity index (χ3n) is 4.04. The lowest BCUT2D eigenvalue weighted by Crippen LogP contribution is -2.39. The summed E-state index contributed by atoms with van der Waals surface area (Å²) in [7, 11) is 6.23. The molecule has 1 heterocycles. The minimum Gasteiger partial charge on any atom is -0.378 e. The number of rotatable bonds is 5. The first-order valence-electron chi connectivity index (χ1n) is 8.52. The number of anilines is 1. The van der Waals surface area contributed by atoms with Crippen LogP contribution in [0, 0.1) is 0 Å². The molecule has 1 saturated heterocycles. The monoisotopic (exact) mass is 318 g/mol. The van der Waals surface area contributed by atoms with Crippen molar-refractivity contribution in [1.29, 1.82) is 0 Å². The van der Waals surface area contributed by atoms with E-state index in [0.717, 1.165) is 44.5 Å². The molecule has 2 rings (SSSR count). The highest BCUT2D eigenvalue weighted by molar-refractivity contribution is 5.85. The van der Waals surface area contributed by atoms with E-state index in [1.807, 2.05) is 0 Å². The van der Waals surface area contributed by atoms with Gasteiger partial charge in [0.05, 0.1) is 24.6 Å². The van der Waals surface area contributed by atoms with Crippen LogP contribution in [0.5, 0.6) is 0 Å². The summed E-state index contributed by atoms with van der Waals surface area (Å²) in [6.07, 6.45) is 2.36. The molecular formula is C18H30N4O. The number of nitrogens with zero attached hydrogens (tertiary/aromatic N) is 4. The van der Waals surface area contributed by atoms with Crippen LogP contribution in [0.1, 0.15) is 19.8 Å². The second-order valence-corrected chi connectivity index (χ2v) is 6.17. The summed E-state index contributed by atoms with van der Waals surface area (Å²) >= 11 is 0. The Hall–Kier alpha value is -1.75. The van der Waals surface area contributed by atoms with Gasteiger partial charge in [0.2, 0.25) is 5.96 Å². The van der Waals surface area contributed by atoms with Gasteiger partial charge in [-0.15, -0.1) is 0 Å². The van der Waals surface area contributed by atoms with Crippen LogP contribution >= 0.6 is 0 Å². The largest absolute Gasteiger partial charge is 0.378 e. The lowest BCUT2D eigenvalue weighted by Gasteiger charge is -2.31. The van der Waals surface area contributed by atoms with Crippen molar-refractivity contribution in [2.45, 2.75) is 19.8 Å². The molecule has 0 aromatic heterocycles. The third kappa shape index (κ3) is 4.86. The van der Waals surface area contributed by atoms with Gasteiger partial charge in [0.15, 0.2) is 0 Å². The third-order valence-corrected chi connectivity index (χ3v) is 4.04. The number of benzene rings is 1. The molecule has 1 aromatic carbocycles. The van der Waals surface area contributed by atoms with Crippen molar-refractivity contribution >= 4 is 17.3 Å². The van der Waals surface area contributed by atoms with Crippen molar-refractivity contribution in [2.24, 2.45) is 4.99 Å². The summed E-state index contributed by atoms with van der Waals surface area (Å²) in [5.41, 5.74) is 2.22. The van der Waals surface area contributed by atoms with Crippen LogP contribution in [-0.4, -0.2) is 69.8 Å². The van der Waals surface area contributed by atoms with Gasteiger partial charge in [0.25, 0.3) is 0 Å². The maximum Gasteiger partial charge on any atom is 0.201 e. The summed E-state index contributed by atoms with van der Waals surface area (Å²) < 4.78 is 5.47. The lowest BCUT2D eigenvalue weighted by atomic mass is 10.2. The molecule has 1 aliphatic heterocycles. The van der Waals surface area contributed by atoms with Crippen LogP contribution in [0.2, 0.25) is 0 Å². The van der Waals surface area contributed by atoms with Gasteiger partial charge in [0, 0.05) is 40.8 Å². The summed E-state index contributed by atoms with van der Waals surface area (Å²) in [4.78, 5) is 11.7. The fourth-order valence-corrected chi connectivity index (χ4v) is 2.76. The zero-order valence-corrected chi connectivity index (χ0v) is 15.0. The fraction of sp³-hybridized carbons (Fsp3) is 0.611. The number of hydrogen-bond donors (Lipinski definition) is 0. The number of morpholine rings is 1. The average molecular weight is 318 g/mol. The number of guanidine groups is 1. The molecule has 0 unspecified atom stereocenters. The van der Waals surface area contributed by atoms with Crippen molar-refractivity contribution in [3.8, 4) is 0 Å². The molecule has 23 heavy (non-hydrogen) atoms. The first kappa shape index (κ1) is 17.6. The highest BCUT2D eigenvalue weighted by atomic mass is 16.5. The van der Waals surface area contributed by atoms with Crippen LogP contribution in [0.15, 0.2) is 29.3 Å². The molecule has 5 heteroatoms. The molecule has 1 aromatic rings. The average Bonchev–Trinajstić information content (AvgIpc) is 2.58. The van der Waals surface area contributed by atoms with Crippen LogP contribution < -0.4 is 4.90 Å². The topological polar surface area (TPSA) is 31.3 Å². The van der Waals surface area contributed by atoms with Crippen molar-refractivity contribution in [2.75, 3.05) is 58.9 Å². The summed E-state index contributed by atoms with van der Waals surface area (Å²) in [5.74, 6) is 0.999. The molecule has 0 aliphatic carbocycles. The summed E-state index contributed by atoms with van der Waals surface area (Å²) in [6.45, 7) is 6.66. The molecule has 0 spiro atoms. The van der Waals surface area contributed by atoms with E-state index in [0.29, 0.717) is 0 Å². The number of para-hydroxylation sites is 2. The SMILES string of the molecule is CCCCN(C)C(=Nc1ccccc1N1CCOCC1)N(C)C. The highest BCUT2D eigenvalue weighted by Crippen LogP contribution is 2.29. The van der Waals surface area contributed by atoms with E-state index in [9.17, 15) is 0 Å². The van der Waals surface area contributed by atoms with Crippen molar-refractivity contribution in [3.63, 3.8) is 0 Å². The Morgan fingerprint density at radius 1 is 1.17 bits per heavy atom. The second kappa shape index (κ2) is 8.77. The molecule has 5 nitrogen and oxygen atoms in total. The van der Waals surface area contributed by atoms with E-state index in [-0.39, 0.29) is 0 Å². The smallest absolute Gasteiger partial charge is 0.201 e. The van der Waals surface area contributed by atoms with Gasteiger partial charge < -0.3 is 19.4 Å². The fourth-order valence-electron chi connectivity index (χ4n) is 2.76. The van der Waals surface area contributed by atoms with E-state index in [4.69, 9.17) is 9.73 Å². The van der Waals surface area contributed by atoms with Gasteiger partial charge in [-0.05, 0) is 18.6 Å². The maximum absolute atomic E-state index is 5.47. The molecule has 0 N–H and O–H groups in total. The van der Waals surface area contributed by atoms with Crippen LogP contribution in [0.4, 0.5) is 11.4 Å². The Kier molecular flexibility index (Phi) is 6.71. The van der Waals surface area contributed by atoms with E-state index in [1.54, 1.807) is 0 Å². The predicted octanol–water partition coefficient (Wildman–Crippen LogP) is 2.80. The highest BCUT2D eigenvalue weighted by Gasteiger charge is 2.16. The van der Waals surface area contributed by atoms with Crippen LogP contribution in [0.3, 0.4) is 0 Å². The molecular weight excluding hydrogens is 288 g/mol. The minimum absolute atomic E-state index is 0.787. The van der Waals surface area contributed by atoms with Crippen LogP contribution in [0.25, 0.3) is 0 Å². The van der Waals surface area contributed by atoms with Gasteiger partial charge in [-0.2, -0.15) is 0 Å². The molecule has 1 aliphatic rings. The van der Waals surface area contributed by atoms with Gasteiger partial charge in [-0.1, -0.05) is 25.5 Å². The molecule has 128 valence electrons. The van der Waals surface area contributed by atoms with Crippen molar-refractivity contribution in [3.05, 3.63) is 24.3 Å². The lowest BCUT2D eigenvalue weighted by molar-refractivity contribution is 0.123. The zero-order chi connectivity index (χ0) is 16.7. The van der Waals surface area contributed by atoms with Gasteiger partial charge >= 0.3 is 0 Å². The number of unbranched alkanes of at least 4 members (excludes halogenated alkanes) is 1. The van der Waals surface area contributed by atoms with E-state index >= 15 is 0 Å². The Morgan fingerprint density at radius 3 is 2.52 bits per heavy atom. The molecule has 1 fully saturated rings. The quantitative estimate of drug-likeness (QED) is 0.617. The molecule has 0 bridgehead atoms. The minimum atomic E-state index is 0.787. The Bertz CT molecular complexity index is 509. The second-order valence-electron chi connectivity index (χ2n) is 6.17. The zero-order valence-electron chi connectivity index (χ0n) is 15.0. The van der Waals surface area contributed by atoms with E-state index in [1.165, 1.54) is 18.5 Å². The van der Waals surface area contributed by atoms with Gasteiger partial charge in [-0.3, -0.25) is 0 Å². The maximum atomic E-state index is 5.47. The Labute approximate surface area is 140 Å². The summed E-state index contributed by atoms with van der Waals surface area (Å²) in [6, 6.07) is 8.40.